The first-order valence-electron chi connectivity index (χ1n) is 6.25. The van der Waals surface area contributed by atoms with Crippen molar-refractivity contribution < 1.29 is 17.9 Å². The number of benzene rings is 1. The fourth-order valence-electron chi connectivity index (χ4n) is 2.11. The minimum atomic E-state index is -2.99. The number of carbonyl (C=O) groups excluding carboxylic acids is 1. The van der Waals surface area contributed by atoms with Crippen molar-refractivity contribution in [1.29, 1.82) is 0 Å². The number of hydrogen-bond donors (Lipinski definition) is 1. The molecule has 1 heterocycles. The SMILES string of the molecule is CCOc1ccccc1C(=O)NC1CCS(=O)(=O)C1. The standard InChI is InChI=1S/C13H17NO4S/c1-2-18-12-6-4-3-5-11(12)13(15)14-10-7-8-19(16,17)9-10/h3-6,10H,2,7-9H2,1H3,(H,14,15). The smallest absolute Gasteiger partial charge is 0.255 e. The van der Waals surface area contributed by atoms with Gasteiger partial charge in [-0.25, -0.2) is 8.42 Å². The number of carbonyl (C=O) groups is 1. The van der Waals surface area contributed by atoms with Gasteiger partial charge >= 0.3 is 0 Å². The van der Waals surface area contributed by atoms with Crippen LogP contribution in [0.4, 0.5) is 0 Å². The molecule has 1 aliphatic heterocycles. The summed E-state index contributed by atoms with van der Waals surface area (Å²) in [5.74, 6) is 0.398. The summed E-state index contributed by atoms with van der Waals surface area (Å²) in [6, 6.07) is 6.64. The third-order valence-corrected chi connectivity index (χ3v) is 4.77. The molecule has 19 heavy (non-hydrogen) atoms. The summed E-state index contributed by atoms with van der Waals surface area (Å²) >= 11 is 0. The highest BCUT2D eigenvalue weighted by Gasteiger charge is 2.29. The van der Waals surface area contributed by atoms with Gasteiger partial charge in [0.05, 0.1) is 23.7 Å². The maximum Gasteiger partial charge on any atom is 0.255 e. The highest BCUT2D eigenvalue weighted by molar-refractivity contribution is 7.91. The molecular weight excluding hydrogens is 266 g/mol. The molecule has 1 aromatic rings. The van der Waals surface area contributed by atoms with Crippen LogP contribution in [0.25, 0.3) is 0 Å². The van der Waals surface area contributed by atoms with Crippen molar-refractivity contribution in [1.82, 2.24) is 5.32 Å². The fraction of sp³-hybridized carbons (Fsp3) is 0.462. The highest BCUT2D eigenvalue weighted by atomic mass is 32.2. The molecule has 0 saturated carbocycles. The van der Waals surface area contributed by atoms with Crippen LogP contribution in [0.2, 0.25) is 0 Å². The Hall–Kier alpha value is -1.56. The van der Waals surface area contributed by atoms with Gasteiger partial charge in [0.25, 0.3) is 5.91 Å². The van der Waals surface area contributed by atoms with Gasteiger partial charge in [0.2, 0.25) is 0 Å². The zero-order chi connectivity index (χ0) is 13.9. The first kappa shape index (κ1) is 13.9. The minimum Gasteiger partial charge on any atom is -0.493 e. The second kappa shape index (κ2) is 5.61. The lowest BCUT2D eigenvalue weighted by Gasteiger charge is -2.13. The molecule has 1 N–H and O–H groups in total. The van der Waals surface area contributed by atoms with Gasteiger partial charge < -0.3 is 10.1 Å². The number of nitrogens with one attached hydrogen (secondary N) is 1. The largest absolute Gasteiger partial charge is 0.493 e. The molecule has 6 heteroatoms. The lowest BCUT2D eigenvalue weighted by atomic mass is 10.1. The van der Waals surface area contributed by atoms with Crippen molar-refractivity contribution in [2.45, 2.75) is 19.4 Å². The molecule has 1 atom stereocenters. The number of para-hydroxylation sites is 1. The van der Waals surface area contributed by atoms with Crippen molar-refractivity contribution in [3.05, 3.63) is 29.8 Å². The number of rotatable bonds is 4. The van der Waals surface area contributed by atoms with E-state index in [1.807, 2.05) is 6.92 Å². The van der Waals surface area contributed by atoms with Crippen LogP contribution in [-0.2, 0) is 9.84 Å². The molecule has 1 unspecified atom stereocenters. The molecule has 1 aliphatic rings. The molecule has 5 nitrogen and oxygen atoms in total. The van der Waals surface area contributed by atoms with E-state index in [9.17, 15) is 13.2 Å². The zero-order valence-electron chi connectivity index (χ0n) is 10.8. The summed E-state index contributed by atoms with van der Waals surface area (Å²) in [4.78, 5) is 12.1. The van der Waals surface area contributed by atoms with Crippen LogP contribution < -0.4 is 10.1 Å². The van der Waals surface area contributed by atoms with Gasteiger partial charge in [0.1, 0.15) is 5.75 Å². The summed E-state index contributed by atoms with van der Waals surface area (Å²) in [6.45, 7) is 2.32. The number of hydrogen-bond acceptors (Lipinski definition) is 4. The van der Waals surface area contributed by atoms with Crippen molar-refractivity contribution in [3.8, 4) is 5.75 Å². The fourth-order valence-corrected chi connectivity index (χ4v) is 3.78. The third-order valence-electron chi connectivity index (χ3n) is 3.00. The Kier molecular flexibility index (Phi) is 4.09. The number of sulfone groups is 1. The average molecular weight is 283 g/mol. The Balaban J connectivity index is 2.08. The van der Waals surface area contributed by atoms with Crippen LogP contribution in [0.5, 0.6) is 5.75 Å². The van der Waals surface area contributed by atoms with Crippen molar-refractivity contribution in [2.24, 2.45) is 0 Å². The molecule has 0 radical (unpaired) electrons. The Morgan fingerprint density at radius 3 is 2.79 bits per heavy atom. The van der Waals surface area contributed by atoms with Crippen LogP contribution in [0.15, 0.2) is 24.3 Å². The normalized spacial score (nSPS) is 21.0. The van der Waals surface area contributed by atoms with Gasteiger partial charge in [0, 0.05) is 6.04 Å². The summed E-state index contributed by atoms with van der Waals surface area (Å²) in [5, 5.41) is 2.75. The highest BCUT2D eigenvalue weighted by Crippen LogP contribution is 2.19. The predicted octanol–water partition coefficient (Wildman–Crippen LogP) is 1.00. The zero-order valence-corrected chi connectivity index (χ0v) is 11.6. The first-order chi connectivity index (χ1) is 9.02. The van der Waals surface area contributed by atoms with Crippen LogP contribution in [0, 0.1) is 0 Å². The second-order valence-corrected chi connectivity index (χ2v) is 6.73. The molecule has 0 aliphatic carbocycles. The Morgan fingerprint density at radius 1 is 1.42 bits per heavy atom. The Morgan fingerprint density at radius 2 is 2.16 bits per heavy atom. The van der Waals surface area contributed by atoms with E-state index in [2.05, 4.69) is 5.32 Å². The molecular formula is C13H17NO4S. The number of amides is 1. The van der Waals surface area contributed by atoms with E-state index in [-0.39, 0.29) is 23.5 Å². The van der Waals surface area contributed by atoms with Crippen molar-refractivity contribution in [3.63, 3.8) is 0 Å². The summed E-state index contributed by atoms with van der Waals surface area (Å²) in [7, 11) is -2.99. The summed E-state index contributed by atoms with van der Waals surface area (Å²) in [6.07, 6.45) is 0.477. The molecule has 1 saturated heterocycles. The number of ether oxygens (including phenoxy) is 1. The van der Waals surface area contributed by atoms with E-state index >= 15 is 0 Å². The van der Waals surface area contributed by atoms with Crippen LogP contribution in [0.1, 0.15) is 23.7 Å². The van der Waals surface area contributed by atoms with E-state index in [1.54, 1.807) is 24.3 Å². The van der Waals surface area contributed by atoms with Crippen LogP contribution in [-0.4, -0.2) is 38.5 Å². The maximum absolute atomic E-state index is 12.1. The summed E-state index contributed by atoms with van der Waals surface area (Å²) in [5.41, 5.74) is 0.439. The summed E-state index contributed by atoms with van der Waals surface area (Å²) < 4.78 is 28.1. The van der Waals surface area contributed by atoms with Gasteiger partial charge in [-0.2, -0.15) is 0 Å². The van der Waals surface area contributed by atoms with Gasteiger partial charge in [-0.05, 0) is 25.5 Å². The van der Waals surface area contributed by atoms with Crippen molar-refractivity contribution in [2.75, 3.05) is 18.1 Å². The average Bonchev–Trinajstić information content (AvgIpc) is 2.69. The molecule has 2 rings (SSSR count). The van der Waals surface area contributed by atoms with E-state index in [1.165, 1.54) is 0 Å². The molecule has 0 bridgehead atoms. The Labute approximate surface area is 112 Å². The van der Waals surface area contributed by atoms with E-state index < -0.39 is 9.84 Å². The van der Waals surface area contributed by atoms with Crippen molar-refractivity contribution >= 4 is 15.7 Å². The van der Waals surface area contributed by atoms with Crippen LogP contribution in [0.3, 0.4) is 0 Å². The minimum absolute atomic E-state index is 0.0234. The van der Waals surface area contributed by atoms with Gasteiger partial charge in [-0.15, -0.1) is 0 Å². The molecule has 0 aromatic heterocycles. The van der Waals surface area contributed by atoms with E-state index in [0.717, 1.165) is 0 Å². The quantitative estimate of drug-likeness (QED) is 0.895. The maximum atomic E-state index is 12.1. The second-order valence-electron chi connectivity index (χ2n) is 4.50. The first-order valence-corrected chi connectivity index (χ1v) is 8.07. The predicted molar refractivity (Wildman–Crippen MR) is 72.1 cm³/mol. The van der Waals surface area contributed by atoms with E-state index in [0.29, 0.717) is 24.3 Å². The molecule has 1 aromatic carbocycles. The lowest BCUT2D eigenvalue weighted by Crippen LogP contribution is -2.35. The Bertz CT molecular complexity index is 568. The lowest BCUT2D eigenvalue weighted by molar-refractivity contribution is 0.0937. The molecule has 1 amide bonds. The van der Waals surface area contributed by atoms with E-state index in [4.69, 9.17) is 4.74 Å². The van der Waals surface area contributed by atoms with Gasteiger partial charge in [-0.1, -0.05) is 12.1 Å². The topological polar surface area (TPSA) is 72.5 Å². The molecule has 1 fully saturated rings. The molecule has 0 spiro atoms. The molecule has 104 valence electrons. The van der Waals surface area contributed by atoms with Gasteiger partial charge in [0.15, 0.2) is 9.84 Å². The van der Waals surface area contributed by atoms with Gasteiger partial charge in [-0.3, -0.25) is 4.79 Å². The third kappa shape index (κ3) is 3.47. The van der Waals surface area contributed by atoms with Crippen LogP contribution >= 0.6 is 0 Å². The monoisotopic (exact) mass is 283 g/mol.